The van der Waals surface area contributed by atoms with Gasteiger partial charge in [-0.15, -0.1) is 0 Å². The summed E-state index contributed by atoms with van der Waals surface area (Å²) in [6, 6.07) is 3.70. The van der Waals surface area contributed by atoms with Gasteiger partial charge in [-0.3, -0.25) is 0 Å². The monoisotopic (exact) mass is 364 g/mol. The van der Waals surface area contributed by atoms with Gasteiger partial charge in [-0.2, -0.15) is 0 Å². The maximum Gasteiger partial charge on any atom is 0.123 e. The van der Waals surface area contributed by atoms with E-state index in [1.165, 1.54) is 0 Å². The van der Waals surface area contributed by atoms with E-state index in [0.29, 0.717) is 5.82 Å². The van der Waals surface area contributed by atoms with E-state index in [4.69, 9.17) is 9.17 Å². The van der Waals surface area contributed by atoms with Crippen molar-refractivity contribution in [1.82, 2.24) is 4.98 Å². The Morgan fingerprint density at radius 3 is 2.30 bits per heavy atom. The van der Waals surface area contributed by atoms with Gasteiger partial charge in [0, 0.05) is 9.77 Å². The molecule has 10 heavy (non-hydrogen) atoms. The molecule has 1 aromatic rings. The van der Waals surface area contributed by atoms with E-state index < -0.39 is 0 Å². The van der Waals surface area contributed by atoms with Gasteiger partial charge in [-0.1, -0.05) is 0 Å². The predicted molar refractivity (Wildman–Crippen MR) is 57.6 cm³/mol. The zero-order chi connectivity index (χ0) is 7.98. The summed E-state index contributed by atoms with van der Waals surface area (Å²) < 4.78 is 8.08. The fraction of sp³-hybridized carbons (Fsp3) is 0. The molecular formula is C5H6I2N2O. The van der Waals surface area contributed by atoms with Gasteiger partial charge < -0.3 is 9.17 Å². The van der Waals surface area contributed by atoms with Crippen LogP contribution in [0.25, 0.3) is 0 Å². The Morgan fingerprint density at radius 1 is 1.40 bits per heavy atom. The third-order valence-electron chi connectivity index (χ3n) is 0.750. The molecule has 0 saturated carbocycles. The first-order valence-corrected chi connectivity index (χ1v) is 4.37. The smallest absolute Gasteiger partial charge is 0.123 e. The van der Waals surface area contributed by atoms with Crippen LogP contribution in [0.4, 0.5) is 5.82 Å². The maximum atomic E-state index is 6.97. The van der Waals surface area contributed by atoms with Crippen LogP contribution in [0.1, 0.15) is 0 Å². The first-order valence-electron chi connectivity index (χ1n) is 2.33. The van der Waals surface area contributed by atoms with Crippen LogP contribution in [0.3, 0.4) is 0 Å². The van der Waals surface area contributed by atoms with E-state index in [9.17, 15) is 0 Å². The van der Waals surface area contributed by atoms with Crippen molar-refractivity contribution >= 4 is 51.4 Å². The molecule has 1 heterocycles. The molecule has 0 unspecified atom stereocenters. The third kappa shape index (κ3) is 4.23. The Hall–Kier alpha value is 0.370. The molecule has 0 aliphatic carbocycles. The van der Waals surface area contributed by atoms with Crippen molar-refractivity contribution in [1.29, 1.82) is 0 Å². The molecule has 0 aromatic carbocycles. The van der Waals surface area contributed by atoms with Crippen LogP contribution in [0, 0.1) is 3.57 Å². The van der Waals surface area contributed by atoms with Crippen LogP contribution in [-0.2, 0) is 0 Å². The molecule has 0 aliphatic rings. The lowest BCUT2D eigenvalue weighted by atomic mass is 10.5. The highest BCUT2D eigenvalue weighted by molar-refractivity contribution is 14.1. The molecule has 0 fully saturated rings. The fourth-order valence-electron chi connectivity index (χ4n) is 0.387. The molecule has 0 aliphatic heterocycles. The van der Waals surface area contributed by atoms with Gasteiger partial charge in [-0.25, -0.2) is 4.98 Å². The van der Waals surface area contributed by atoms with E-state index in [1.54, 1.807) is 12.3 Å². The fourth-order valence-corrected chi connectivity index (χ4v) is 0.706. The van der Waals surface area contributed by atoms with Gasteiger partial charge >= 0.3 is 0 Å². The number of hydrogen-bond donors (Lipinski definition) is 2. The Balaban J connectivity index is 0.000000371. The summed E-state index contributed by atoms with van der Waals surface area (Å²) in [5.74, 6) is 0.574. The van der Waals surface area contributed by atoms with E-state index in [2.05, 4.69) is 27.6 Å². The number of anilines is 1. The maximum absolute atomic E-state index is 6.97. The van der Waals surface area contributed by atoms with E-state index in [1.807, 2.05) is 6.07 Å². The first kappa shape index (κ1) is 10.4. The predicted octanol–water partition coefficient (Wildman–Crippen LogP) is 1.60. The largest absolute Gasteiger partial charge is 0.384 e. The van der Waals surface area contributed by atoms with Gasteiger partial charge in [0.15, 0.2) is 0 Å². The molecule has 0 bridgehead atoms. The first-order chi connectivity index (χ1) is 4.79. The van der Waals surface area contributed by atoms with Crippen LogP contribution < -0.4 is 5.73 Å². The SMILES string of the molecule is Nc1ccc(I)cn1.OI. The van der Waals surface area contributed by atoms with Crippen LogP contribution in [0.15, 0.2) is 18.3 Å². The lowest BCUT2D eigenvalue weighted by Gasteiger charge is -1.88. The Kier molecular flexibility index (Phi) is 6.33. The van der Waals surface area contributed by atoms with Crippen LogP contribution >= 0.6 is 45.6 Å². The zero-order valence-corrected chi connectivity index (χ0v) is 9.27. The molecule has 0 spiro atoms. The summed E-state index contributed by atoms with van der Waals surface area (Å²) in [6.45, 7) is 0. The average Bonchev–Trinajstić information content (AvgIpc) is 2.00. The second-order valence-corrected chi connectivity index (χ2v) is 2.65. The highest BCUT2D eigenvalue weighted by atomic mass is 127. The molecule has 56 valence electrons. The van der Waals surface area contributed by atoms with Crippen molar-refractivity contribution in [3.8, 4) is 0 Å². The molecule has 5 heteroatoms. The van der Waals surface area contributed by atoms with Crippen molar-refractivity contribution in [2.75, 3.05) is 5.73 Å². The lowest BCUT2D eigenvalue weighted by molar-refractivity contribution is 0.748. The summed E-state index contributed by atoms with van der Waals surface area (Å²) in [5, 5.41) is 0. The van der Waals surface area contributed by atoms with Crippen molar-refractivity contribution in [2.45, 2.75) is 0 Å². The van der Waals surface area contributed by atoms with Gasteiger partial charge in [0.1, 0.15) is 28.8 Å². The molecule has 3 N–H and O–H groups in total. The molecule has 0 radical (unpaired) electrons. The number of rotatable bonds is 0. The van der Waals surface area contributed by atoms with Crippen LogP contribution in [-0.4, -0.2) is 8.42 Å². The van der Waals surface area contributed by atoms with E-state index >= 15 is 0 Å². The highest BCUT2D eigenvalue weighted by Crippen LogP contribution is 2.02. The number of aromatic nitrogens is 1. The summed E-state index contributed by atoms with van der Waals surface area (Å²) in [6.07, 6.45) is 1.73. The second-order valence-electron chi connectivity index (χ2n) is 1.40. The molecule has 1 aromatic heterocycles. The molecule has 0 atom stereocenters. The van der Waals surface area contributed by atoms with Gasteiger partial charge in [-0.05, 0) is 34.7 Å². The Bertz CT molecular complexity index is 157. The second kappa shape index (κ2) is 6.10. The average molecular weight is 364 g/mol. The minimum atomic E-state index is 0.574. The normalized spacial score (nSPS) is 7.90. The summed E-state index contributed by atoms with van der Waals surface area (Å²) in [7, 11) is 0. The zero-order valence-electron chi connectivity index (χ0n) is 4.96. The summed E-state index contributed by atoms with van der Waals surface area (Å²) >= 11 is 3.33. The van der Waals surface area contributed by atoms with Crippen molar-refractivity contribution in [3.63, 3.8) is 0 Å². The number of hydrogen-bond acceptors (Lipinski definition) is 3. The number of nitrogens with zero attached hydrogens (tertiary/aromatic N) is 1. The van der Waals surface area contributed by atoms with E-state index in [-0.39, 0.29) is 0 Å². The Morgan fingerprint density at radius 2 is 2.00 bits per heavy atom. The van der Waals surface area contributed by atoms with E-state index in [0.717, 1.165) is 26.6 Å². The minimum Gasteiger partial charge on any atom is -0.384 e. The molecule has 0 amide bonds. The highest BCUT2D eigenvalue weighted by Gasteiger charge is 1.83. The molecule has 1 rings (SSSR count). The summed E-state index contributed by atoms with van der Waals surface area (Å²) in [4.78, 5) is 3.85. The molecular weight excluding hydrogens is 358 g/mol. The Labute approximate surface area is 86.9 Å². The van der Waals surface area contributed by atoms with Gasteiger partial charge in [0.25, 0.3) is 0 Å². The number of halogens is 2. The number of pyridine rings is 1. The summed E-state index contributed by atoms with van der Waals surface area (Å²) in [5.41, 5.74) is 5.31. The van der Waals surface area contributed by atoms with Crippen LogP contribution in [0.2, 0.25) is 0 Å². The third-order valence-corrected chi connectivity index (χ3v) is 1.39. The standard InChI is InChI=1S/C5H5IN2.HIO/c6-4-1-2-5(7)8-3-4;1-2/h1-3H,(H2,7,8);2H. The van der Waals surface area contributed by atoms with Gasteiger partial charge in [0.05, 0.1) is 0 Å². The minimum absolute atomic E-state index is 0.574. The van der Waals surface area contributed by atoms with Crippen molar-refractivity contribution < 1.29 is 3.44 Å². The lowest BCUT2D eigenvalue weighted by Crippen LogP contribution is -1.87. The quantitative estimate of drug-likeness (QED) is 0.688. The molecule has 3 nitrogen and oxygen atoms in total. The topological polar surface area (TPSA) is 59.1 Å². The number of nitrogen functional groups attached to an aromatic ring is 1. The van der Waals surface area contributed by atoms with Crippen LogP contribution in [0.5, 0.6) is 0 Å². The number of nitrogens with two attached hydrogens (primary N) is 1. The molecule has 0 saturated heterocycles. The van der Waals surface area contributed by atoms with Gasteiger partial charge in [0.2, 0.25) is 0 Å². The van der Waals surface area contributed by atoms with Crippen molar-refractivity contribution in [3.05, 3.63) is 21.9 Å². The van der Waals surface area contributed by atoms with Crippen molar-refractivity contribution in [2.24, 2.45) is 0 Å².